The number of rotatable bonds is 38. The molecule has 0 radical (unpaired) electrons. The second kappa shape index (κ2) is 36.3. The van der Waals surface area contributed by atoms with Crippen molar-refractivity contribution in [3.05, 3.63) is 29.3 Å². The van der Waals surface area contributed by atoms with E-state index >= 15 is 0 Å². The van der Waals surface area contributed by atoms with Gasteiger partial charge in [-0.3, -0.25) is 0 Å². The van der Waals surface area contributed by atoms with Gasteiger partial charge in [-0.25, -0.2) is 0 Å². The summed E-state index contributed by atoms with van der Waals surface area (Å²) in [5, 5.41) is 10.6. The first-order valence-corrected chi connectivity index (χ1v) is 22.1. The van der Waals surface area contributed by atoms with E-state index in [0.717, 1.165) is 12.8 Å². The van der Waals surface area contributed by atoms with Crippen LogP contribution >= 0.6 is 0 Å². The van der Waals surface area contributed by atoms with Crippen LogP contribution in [0.5, 0.6) is 5.75 Å². The molecule has 1 heteroatoms. The zero-order valence-electron chi connectivity index (χ0n) is 32.5. The van der Waals surface area contributed by atoms with Crippen LogP contribution < -0.4 is 0 Å². The second-order valence-electron chi connectivity index (χ2n) is 15.4. The maximum Gasteiger partial charge on any atom is 0.119 e. The molecule has 0 saturated heterocycles. The smallest absolute Gasteiger partial charge is 0.119 e. The number of phenols is 1. The lowest BCUT2D eigenvalue weighted by molar-refractivity contribution is 0.464. The molecule has 0 amide bonds. The van der Waals surface area contributed by atoms with E-state index in [0.29, 0.717) is 5.75 Å². The van der Waals surface area contributed by atoms with Gasteiger partial charge in [0.2, 0.25) is 0 Å². The Bertz CT molecular complexity index is 739. The van der Waals surface area contributed by atoms with E-state index < -0.39 is 0 Å². The number of unbranched alkanes of at least 4 members (excludes halogenated alkanes) is 34. The molecule has 47 heavy (non-hydrogen) atoms. The first-order valence-electron chi connectivity index (χ1n) is 22.1. The quantitative estimate of drug-likeness (QED) is 0.0704. The van der Waals surface area contributed by atoms with Crippen LogP contribution in [0, 0.1) is 0 Å². The van der Waals surface area contributed by atoms with Gasteiger partial charge in [0.05, 0.1) is 0 Å². The van der Waals surface area contributed by atoms with Crippen LogP contribution in [0.15, 0.2) is 18.2 Å². The number of aromatic hydroxyl groups is 1. The molecule has 0 saturated carbocycles. The van der Waals surface area contributed by atoms with Gasteiger partial charge in [0.15, 0.2) is 0 Å². The molecule has 0 spiro atoms. The summed E-state index contributed by atoms with van der Waals surface area (Å²) in [4.78, 5) is 0. The highest BCUT2D eigenvalue weighted by Gasteiger charge is 2.08. The number of phenolic OH excluding ortho intramolecular Hbond substituents is 1. The second-order valence-corrected chi connectivity index (χ2v) is 15.4. The number of benzene rings is 1. The topological polar surface area (TPSA) is 20.2 Å². The predicted octanol–water partition coefficient (Wildman–Crippen LogP) is 16.6. The Hall–Kier alpha value is -0.980. The minimum atomic E-state index is 0.539. The van der Waals surface area contributed by atoms with Gasteiger partial charge < -0.3 is 5.11 Å². The molecule has 1 nitrogen and oxygen atoms in total. The normalized spacial score (nSPS) is 11.5. The third-order valence-electron chi connectivity index (χ3n) is 10.8. The van der Waals surface area contributed by atoms with Crippen molar-refractivity contribution in [1.29, 1.82) is 0 Å². The van der Waals surface area contributed by atoms with Crippen molar-refractivity contribution < 1.29 is 5.11 Å². The lowest BCUT2D eigenvalue weighted by atomic mass is 9.95. The Morgan fingerprint density at radius 3 is 0.872 bits per heavy atom. The van der Waals surface area contributed by atoms with Crippen molar-refractivity contribution in [2.24, 2.45) is 0 Å². The minimum absolute atomic E-state index is 0.539. The Morgan fingerprint density at radius 1 is 0.319 bits per heavy atom. The predicted molar refractivity (Wildman–Crippen MR) is 213 cm³/mol. The average Bonchev–Trinajstić information content (AvgIpc) is 3.08. The summed E-state index contributed by atoms with van der Waals surface area (Å²) < 4.78 is 0. The molecule has 1 rings (SSSR count). The summed E-state index contributed by atoms with van der Waals surface area (Å²) in [6.45, 7) is 4.61. The van der Waals surface area contributed by atoms with Crippen molar-refractivity contribution in [2.75, 3.05) is 0 Å². The molecule has 0 heterocycles. The third-order valence-corrected chi connectivity index (χ3v) is 10.8. The fraction of sp³-hybridized carbons (Fsp3) is 0.870. The summed E-state index contributed by atoms with van der Waals surface area (Å²) in [5.74, 6) is 0.539. The highest BCUT2D eigenvalue weighted by Crippen LogP contribution is 2.26. The van der Waals surface area contributed by atoms with Crippen LogP contribution in [0.1, 0.15) is 256 Å². The number of hydrogen-bond acceptors (Lipinski definition) is 1. The van der Waals surface area contributed by atoms with Crippen LogP contribution in [-0.4, -0.2) is 5.11 Å². The number of aryl methyl sites for hydroxylation is 1. The zero-order valence-corrected chi connectivity index (χ0v) is 32.5. The van der Waals surface area contributed by atoms with E-state index in [4.69, 9.17) is 0 Å². The van der Waals surface area contributed by atoms with Crippen molar-refractivity contribution in [2.45, 2.75) is 258 Å². The highest BCUT2D eigenvalue weighted by molar-refractivity contribution is 5.39. The molecule has 1 N–H and O–H groups in total. The van der Waals surface area contributed by atoms with E-state index in [1.165, 1.54) is 242 Å². The van der Waals surface area contributed by atoms with E-state index in [-0.39, 0.29) is 0 Å². The summed E-state index contributed by atoms with van der Waals surface area (Å²) in [7, 11) is 0. The Balaban J connectivity index is 1.91. The van der Waals surface area contributed by atoms with Crippen LogP contribution in [-0.2, 0) is 12.8 Å². The lowest BCUT2D eigenvalue weighted by Crippen LogP contribution is -1.96. The maximum absolute atomic E-state index is 10.6. The molecule has 0 aromatic heterocycles. The maximum atomic E-state index is 10.6. The van der Waals surface area contributed by atoms with Crippen LogP contribution in [0.2, 0.25) is 0 Å². The molecule has 0 aliphatic heterocycles. The Morgan fingerprint density at radius 2 is 0.574 bits per heavy atom. The SMILES string of the molecule is CCCCCCCCCCCCCCCCCCCCc1cccc(O)c1CCCCCCCCCCCCCCCCCCCC. The Labute approximate surface area is 297 Å². The van der Waals surface area contributed by atoms with Gasteiger partial charge in [-0.15, -0.1) is 0 Å². The molecular formula is C46H86O. The van der Waals surface area contributed by atoms with Gasteiger partial charge in [-0.1, -0.05) is 244 Å². The van der Waals surface area contributed by atoms with E-state index in [2.05, 4.69) is 26.0 Å². The van der Waals surface area contributed by atoms with Gasteiger partial charge in [0.1, 0.15) is 5.75 Å². The molecule has 0 atom stereocenters. The zero-order chi connectivity index (χ0) is 33.7. The molecule has 0 aliphatic carbocycles. The van der Waals surface area contributed by atoms with Crippen molar-refractivity contribution >= 4 is 0 Å². The number of hydrogen-bond donors (Lipinski definition) is 1. The molecule has 1 aromatic rings. The highest BCUT2D eigenvalue weighted by atomic mass is 16.3. The van der Waals surface area contributed by atoms with Crippen molar-refractivity contribution in [3.8, 4) is 5.75 Å². The van der Waals surface area contributed by atoms with Crippen molar-refractivity contribution in [1.82, 2.24) is 0 Å². The standard InChI is InChI=1S/C46H86O/c1-3-5-7-9-11-13-15-17-19-21-23-25-27-29-31-33-35-37-40-44-41-39-43-46(47)45(44)42-38-36-34-32-30-28-26-24-22-20-18-16-14-12-10-8-6-4-2/h39,41,43,47H,3-38,40,42H2,1-2H3. The summed E-state index contributed by atoms with van der Waals surface area (Å²) in [6, 6.07) is 6.23. The first kappa shape index (κ1) is 44.0. The summed E-state index contributed by atoms with van der Waals surface area (Å²) >= 11 is 0. The monoisotopic (exact) mass is 655 g/mol. The lowest BCUT2D eigenvalue weighted by Gasteiger charge is -2.12. The van der Waals surface area contributed by atoms with Crippen molar-refractivity contribution in [3.63, 3.8) is 0 Å². The van der Waals surface area contributed by atoms with Gasteiger partial charge >= 0.3 is 0 Å². The van der Waals surface area contributed by atoms with Gasteiger partial charge in [-0.2, -0.15) is 0 Å². The molecular weight excluding hydrogens is 569 g/mol. The summed E-state index contributed by atoms with van der Waals surface area (Å²) in [5.41, 5.74) is 2.66. The van der Waals surface area contributed by atoms with Crippen LogP contribution in [0.4, 0.5) is 0 Å². The van der Waals surface area contributed by atoms with Crippen LogP contribution in [0.25, 0.3) is 0 Å². The van der Waals surface area contributed by atoms with Gasteiger partial charge in [-0.05, 0) is 42.9 Å². The van der Waals surface area contributed by atoms with E-state index in [1.54, 1.807) is 0 Å². The molecule has 276 valence electrons. The first-order chi connectivity index (χ1) is 23.3. The van der Waals surface area contributed by atoms with Gasteiger partial charge in [0.25, 0.3) is 0 Å². The third kappa shape index (κ3) is 29.6. The van der Waals surface area contributed by atoms with E-state index in [9.17, 15) is 5.11 Å². The molecule has 0 bridgehead atoms. The van der Waals surface area contributed by atoms with Gasteiger partial charge in [0, 0.05) is 0 Å². The summed E-state index contributed by atoms with van der Waals surface area (Å²) in [6.07, 6.45) is 53.4. The fourth-order valence-electron chi connectivity index (χ4n) is 7.56. The van der Waals surface area contributed by atoms with Crippen LogP contribution in [0.3, 0.4) is 0 Å². The molecule has 0 aliphatic rings. The largest absolute Gasteiger partial charge is 0.508 e. The Kier molecular flexibility index (Phi) is 34.0. The molecule has 0 unspecified atom stereocenters. The molecule has 1 aromatic carbocycles. The minimum Gasteiger partial charge on any atom is -0.508 e. The molecule has 0 fully saturated rings. The average molecular weight is 655 g/mol. The van der Waals surface area contributed by atoms with E-state index in [1.807, 2.05) is 6.07 Å². The fourth-order valence-corrected chi connectivity index (χ4v) is 7.56.